The highest BCUT2D eigenvalue weighted by molar-refractivity contribution is 5.96. The van der Waals surface area contributed by atoms with E-state index in [1.165, 1.54) is 5.56 Å². The van der Waals surface area contributed by atoms with Crippen LogP contribution in [0.5, 0.6) is 0 Å². The summed E-state index contributed by atoms with van der Waals surface area (Å²) in [6.07, 6.45) is 2.45. The average molecular weight is 243 g/mol. The SMILES string of the molecule is Cc1coc(C)c1C(=O)NCCc1ccccc1. The number of furan rings is 1. The summed E-state index contributed by atoms with van der Waals surface area (Å²) >= 11 is 0. The van der Waals surface area contributed by atoms with Crippen molar-refractivity contribution >= 4 is 5.91 Å². The minimum Gasteiger partial charge on any atom is -0.469 e. The van der Waals surface area contributed by atoms with Crippen molar-refractivity contribution in [1.82, 2.24) is 5.32 Å². The highest BCUT2D eigenvalue weighted by atomic mass is 16.3. The smallest absolute Gasteiger partial charge is 0.255 e. The van der Waals surface area contributed by atoms with E-state index in [9.17, 15) is 4.79 Å². The standard InChI is InChI=1S/C15H17NO2/c1-11-10-18-12(2)14(11)15(17)16-9-8-13-6-4-3-5-7-13/h3-7,10H,8-9H2,1-2H3,(H,16,17). The molecule has 2 rings (SSSR count). The molecule has 0 spiro atoms. The Hall–Kier alpha value is -2.03. The summed E-state index contributed by atoms with van der Waals surface area (Å²) in [5.74, 6) is 0.611. The van der Waals surface area contributed by atoms with Gasteiger partial charge in [0.05, 0.1) is 11.8 Å². The number of carbonyl (C=O) groups is 1. The summed E-state index contributed by atoms with van der Waals surface area (Å²) in [6, 6.07) is 10.1. The molecule has 0 radical (unpaired) electrons. The minimum absolute atomic E-state index is 0.0605. The van der Waals surface area contributed by atoms with Crippen LogP contribution in [0.3, 0.4) is 0 Å². The molecule has 1 aromatic carbocycles. The van der Waals surface area contributed by atoms with Gasteiger partial charge in [-0.25, -0.2) is 0 Å². The number of aryl methyl sites for hydroxylation is 2. The van der Waals surface area contributed by atoms with Crippen molar-refractivity contribution in [2.45, 2.75) is 20.3 Å². The van der Waals surface area contributed by atoms with E-state index in [4.69, 9.17) is 4.42 Å². The Balaban J connectivity index is 1.90. The average Bonchev–Trinajstić information content (AvgIpc) is 2.70. The van der Waals surface area contributed by atoms with E-state index >= 15 is 0 Å². The quantitative estimate of drug-likeness (QED) is 0.897. The molecule has 1 aromatic heterocycles. The lowest BCUT2D eigenvalue weighted by Crippen LogP contribution is -2.26. The van der Waals surface area contributed by atoms with E-state index in [1.54, 1.807) is 13.2 Å². The fraction of sp³-hybridized carbons (Fsp3) is 0.267. The van der Waals surface area contributed by atoms with Crippen molar-refractivity contribution in [3.05, 3.63) is 59.0 Å². The molecule has 3 nitrogen and oxygen atoms in total. The van der Waals surface area contributed by atoms with Crippen LogP contribution in [0.2, 0.25) is 0 Å². The lowest BCUT2D eigenvalue weighted by Gasteiger charge is -2.05. The highest BCUT2D eigenvalue weighted by Crippen LogP contribution is 2.14. The fourth-order valence-corrected chi connectivity index (χ4v) is 1.96. The molecule has 0 saturated carbocycles. The Labute approximate surface area is 107 Å². The van der Waals surface area contributed by atoms with E-state index in [-0.39, 0.29) is 5.91 Å². The van der Waals surface area contributed by atoms with Gasteiger partial charge in [-0.05, 0) is 25.8 Å². The van der Waals surface area contributed by atoms with Crippen LogP contribution < -0.4 is 5.32 Å². The normalized spacial score (nSPS) is 10.3. The maximum atomic E-state index is 12.0. The molecular formula is C15H17NO2. The molecule has 0 bridgehead atoms. The number of carbonyl (C=O) groups excluding carboxylic acids is 1. The van der Waals surface area contributed by atoms with Gasteiger partial charge in [-0.15, -0.1) is 0 Å². The molecule has 0 aliphatic heterocycles. The molecule has 1 N–H and O–H groups in total. The van der Waals surface area contributed by atoms with Gasteiger partial charge in [0.1, 0.15) is 5.76 Å². The first kappa shape index (κ1) is 12.4. The summed E-state index contributed by atoms with van der Waals surface area (Å²) in [5.41, 5.74) is 2.76. The molecule has 0 saturated heterocycles. The summed E-state index contributed by atoms with van der Waals surface area (Å²) < 4.78 is 5.22. The Morgan fingerprint density at radius 1 is 1.22 bits per heavy atom. The lowest BCUT2D eigenvalue weighted by atomic mass is 10.1. The summed E-state index contributed by atoms with van der Waals surface area (Å²) in [5, 5.41) is 2.92. The molecule has 0 aliphatic rings. The van der Waals surface area contributed by atoms with Gasteiger partial charge in [-0.3, -0.25) is 4.79 Å². The largest absolute Gasteiger partial charge is 0.469 e. The number of rotatable bonds is 4. The monoisotopic (exact) mass is 243 g/mol. The molecule has 1 amide bonds. The zero-order chi connectivity index (χ0) is 13.0. The van der Waals surface area contributed by atoms with Crippen molar-refractivity contribution in [3.8, 4) is 0 Å². The van der Waals surface area contributed by atoms with Crippen LogP contribution in [0, 0.1) is 13.8 Å². The molecule has 18 heavy (non-hydrogen) atoms. The number of benzene rings is 1. The van der Waals surface area contributed by atoms with Gasteiger partial charge in [0.25, 0.3) is 5.91 Å². The van der Waals surface area contributed by atoms with Gasteiger partial charge in [0.15, 0.2) is 0 Å². The van der Waals surface area contributed by atoms with Gasteiger partial charge in [0.2, 0.25) is 0 Å². The van der Waals surface area contributed by atoms with Gasteiger partial charge >= 0.3 is 0 Å². The first-order chi connectivity index (χ1) is 8.68. The van der Waals surface area contributed by atoms with Crippen molar-refractivity contribution in [2.24, 2.45) is 0 Å². The molecule has 94 valence electrons. The summed E-state index contributed by atoms with van der Waals surface area (Å²) in [4.78, 5) is 12.0. The first-order valence-electron chi connectivity index (χ1n) is 6.05. The third-order valence-electron chi connectivity index (χ3n) is 2.93. The Kier molecular flexibility index (Phi) is 3.82. The van der Waals surface area contributed by atoms with E-state index in [0.29, 0.717) is 17.9 Å². The van der Waals surface area contributed by atoms with Crippen LogP contribution in [-0.2, 0) is 6.42 Å². The zero-order valence-corrected chi connectivity index (χ0v) is 10.7. The Morgan fingerprint density at radius 2 is 1.94 bits per heavy atom. The van der Waals surface area contributed by atoms with Gasteiger partial charge < -0.3 is 9.73 Å². The minimum atomic E-state index is -0.0605. The van der Waals surface area contributed by atoms with Crippen LogP contribution in [0.15, 0.2) is 41.0 Å². The zero-order valence-electron chi connectivity index (χ0n) is 10.7. The second-order valence-corrected chi connectivity index (χ2v) is 4.34. The molecule has 2 aromatic rings. The number of hydrogen-bond donors (Lipinski definition) is 1. The van der Waals surface area contributed by atoms with Crippen LogP contribution >= 0.6 is 0 Å². The van der Waals surface area contributed by atoms with E-state index in [2.05, 4.69) is 17.4 Å². The first-order valence-corrected chi connectivity index (χ1v) is 6.05. The predicted molar refractivity (Wildman–Crippen MR) is 70.7 cm³/mol. The van der Waals surface area contributed by atoms with Crippen LogP contribution in [-0.4, -0.2) is 12.5 Å². The number of hydrogen-bond acceptors (Lipinski definition) is 2. The van der Waals surface area contributed by atoms with E-state index in [1.807, 2.05) is 25.1 Å². The van der Waals surface area contributed by atoms with E-state index in [0.717, 1.165) is 12.0 Å². The predicted octanol–water partition coefficient (Wildman–Crippen LogP) is 2.87. The Morgan fingerprint density at radius 3 is 2.56 bits per heavy atom. The van der Waals surface area contributed by atoms with Crippen molar-refractivity contribution in [1.29, 1.82) is 0 Å². The molecule has 3 heteroatoms. The van der Waals surface area contributed by atoms with E-state index < -0.39 is 0 Å². The summed E-state index contributed by atoms with van der Waals surface area (Å²) in [7, 11) is 0. The summed E-state index contributed by atoms with van der Waals surface area (Å²) in [6.45, 7) is 4.31. The maximum absolute atomic E-state index is 12.0. The number of amides is 1. The molecular weight excluding hydrogens is 226 g/mol. The van der Waals surface area contributed by atoms with Crippen molar-refractivity contribution in [2.75, 3.05) is 6.54 Å². The van der Waals surface area contributed by atoms with Gasteiger partial charge in [-0.1, -0.05) is 30.3 Å². The third-order valence-corrected chi connectivity index (χ3v) is 2.93. The topological polar surface area (TPSA) is 42.2 Å². The van der Waals surface area contributed by atoms with Crippen LogP contribution in [0.1, 0.15) is 27.2 Å². The molecule has 0 atom stereocenters. The van der Waals surface area contributed by atoms with Crippen LogP contribution in [0.4, 0.5) is 0 Å². The van der Waals surface area contributed by atoms with Gasteiger partial charge in [-0.2, -0.15) is 0 Å². The molecule has 0 fully saturated rings. The van der Waals surface area contributed by atoms with Gasteiger partial charge in [0, 0.05) is 12.1 Å². The number of nitrogens with one attached hydrogen (secondary N) is 1. The second-order valence-electron chi connectivity index (χ2n) is 4.34. The Bertz CT molecular complexity index is 509. The van der Waals surface area contributed by atoms with Crippen molar-refractivity contribution in [3.63, 3.8) is 0 Å². The third kappa shape index (κ3) is 2.80. The maximum Gasteiger partial charge on any atom is 0.255 e. The molecule has 1 heterocycles. The molecule has 0 unspecified atom stereocenters. The lowest BCUT2D eigenvalue weighted by molar-refractivity contribution is 0.0952. The van der Waals surface area contributed by atoms with Crippen molar-refractivity contribution < 1.29 is 9.21 Å². The molecule has 0 aliphatic carbocycles. The highest BCUT2D eigenvalue weighted by Gasteiger charge is 2.14. The van der Waals surface area contributed by atoms with Crippen LogP contribution in [0.25, 0.3) is 0 Å². The second kappa shape index (κ2) is 5.54. The fourth-order valence-electron chi connectivity index (χ4n) is 1.96.